The number of aromatic hydroxyl groups is 1. The van der Waals surface area contributed by atoms with Gasteiger partial charge in [0.05, 0.1) is 7.11 Å². The van der Waals surface area contributed by atoms with Crippen LogP contribution in [0.15, 0.2) is 18.2 Å². The number of methoxy groups -OCH3 is 1. The molecule has 121 valence electrons. The number of phenols is 1. The largest absolute Gasteiger partial charge is 0.504 e. The second kappa shape index (κ2) is 7.25. The molecule has 4 nitrogen and oxygen atoms in total. The van der Waals surface area contributed by atoms with Crippen LogP contribution in [0, 0.1) is 41.8 Å². The fourth-order valence-electron chi connectivity index (χ4n) is 2.65. The van der Waals surface area contributed by atoms with Crippen LogP contribution in [-0.2, 0) is 0 Å². The molecule has 2 rings (SSSR count). The van der Waals surface area contributed by atoms with Crippen LogP contribution in [-0.4, -0.2) is 23.7 Å². The van der Waals surface area contributed by atoms with Gasteiger partial charge in [0.1, 0.15) is 0 Å². The first-order valence-corrected chi connectivity index (χ1v) is 7.31. The second-order valence-corrected chi connectivity index (χ2v) is 6.53. The molecule has 1 aromatic carbocycles. The van der Waals surface area contributed by atoms with E-state index < -0.39 is 0 Å². The zero-order chi connectivity index (χ0) is 15.7. The van der Waals surface area contributed by atoms with E-state index in [0.29, 0.717) is 16.7 Å². The summed E-state index contributed by atoms with van der Waals surface area (Å²) in [4.78, 5) is 12.4. The first-order chi connectivity index (χ1) is 9.81. The number of hydrogen-bond donors (Lipinski definition) is 2. The van der Waals surface area contributed by atoms with E-state index in [-0.39, 0.29) is 47.1 Å². The Bertz CT molecular complexity index is 543. The summed E-state index contributed by atoms with van der Waals surface area (Å²) in [7, 11) is 1.47. The van der Waals surface area contributed by atoms with Gasteiger partial charge in [0.2, 0.25) is 5.91 Å². The van der Waals surface area contributed by atoms with Gasteiger partial charge in [-0.1, -0.05) is 25.8 Å². The minimum absolute atomic E-state index is 0. The molecule has 1 fully saturated rings. The van der Waals surface area contributed by atoms with Gasteiger partial charge in [0.15, 0.2) is 11.5 Å². The molecule has 0 heterocycles. The van der Waals surface area contributed by atoms with E-state index in [1.54, 1.807) is 12.1 Å². The maximum Gasteiger partial charge on any atom is 0.249 e. The van der Waals surface area contributed by atoms with Crippen molar-refractivity contribution in [1.82, 2.24) is 5.32 Å². The Morgan fingerprint density at radius 1 is 1.50 bits per heavy atom. The van der Waals surface area contributed by atoms with Crippen LogP contribution < -0.4 is 10.1 Å². The smallest absolute Gasteiger partial charge is 0.249 e. The quantitative estimate of drug-likeness (QED) is 0.559. The number of nitrogens with one attached hydrogen (secondary N) is 1. The van der Waals surface area contributed by atoms with Gasteiger partial charge in [-0.3, -0.25) is 4.79 Å². The van der Waals surface area contributed by atoms with Crippen LogP contribution in [0.2, 0.25) is 0 Å². The van der Waals surface area contributed by atoms with Gasteiger partial charge in [-0.15, -0.1) is 0 Å². The molecule has 1 amide bonds. The average molecular weight is 527 g/mol. The minimum Gasteiger partial charge on any atom is -0.504 e. The van der Waals surface area contributed by atoms with Gasteiger partial charge < -0.3 is 21.6 Å². The van der Waals surface area contributed by atoms with Gasteiger partial charge >= 0.3 is 0 Å². The maximum atomic E-state index is 12.4. The van der Waals surface area contributed by atoms with E-state index in [2.05, 4.69) is 12.2 Å². The van der Waals surface area contributed by atoms with E-state index in [4.69, 9.17) is 4.74 Å². The topological polar surface area (TPSA) is 58.6 Å². The molecule has 1 unspecified atom stereocenters. The first kappa shape index (κ1) is 19.3. The molecule has 0 aliphatic heterocycles. The van der Waals surface area contributed by atoms with Gasteiger partial charge in [0.25, 0.3) is 0 Å². The third-order valence-corrected chi connectivity index (χ3v) is 4.38. The van der Waals surface area contributed by atoms with Crippen molar-refractivity contribution in [3.63, 3.8) is 0 Å². The van der Waals surface area contributed by atoms with E-state index in [0.717, 1.165) is 6.42 Å². The van der Waals surface area contributed by atoms with Crippen LogP contribution in [0.4, 0.5) is 0 Å². The summed E-state index contributed by atoms with van der Waals surface area (Å²) in [6.07, 6.45) is 5.43. The van der Waals surface area contributed by atoms with E-state index >= 15 is 0 Å². The number of amides is 1. The molecule has 22 heavy (non-hydrogen) atoms. The molecule has 1 radical (unpaired) electrons. The predicted octanol–water partition coefficient (Wildman–Crippen LogP) is 3.30. The van der Waals surface area contributed by atoms with Gasteiger partial charge in [0, 0.05) is 35.5 Å². The van der Waals surface area contributed by atoms with Crippen molar-refractivity contribution in [3.05, 3.63) is 30.2 Å². The third-order valence-electron chi connectivity index (χ3n) is 4.38. The van der Waals surface area contributed by atoms with Crippen molar-refractivity contribution < 1.29 is 44.6 Å². The number of carbonyl (C=O) groups is 1. The molecule has 0 saturated heterocycles. The monoisotopic (exact) mass is 526 g/mol. The SMILES string of the molecule is C[CH-]C(C)(CC1(C)CC1)NC(=O)c1ccc(O)c(OC)c1.[Np]. The van der Waals surface area contributed by atoms with Crippen LogP contribution in [0.5, 0.6) is 11.5 Å². The number of ether oxygens (including phenoxy) is 1. The molecular formula is C17H24NNpO3-. The van der Waals surface area contributed by atoms with Crippen LogP contribution in [0.25, 0.3) is 0 Å². The fraction of sp³-hybridized carbons (Fsp3) is 0.529. The summed E-state index contributed by atoms with van der Waals surface area (Å²) in [6.45, 7) is 6.28. The molecule has 0 aromatic heterocycles. The summed E-state index contributed by atoms with van der Waals surface area (Å²) < 4.78 is 5.05. The first-order valence-electron chi connectivity index (χ1n) is 7.31. The Kier molecular flexibility index (Phi) is 6.38. The van der Waals surface area contributed by atoms with Crippen molar-refractivity contribution in [2.45, 2.75) is 45.6 Å². The number of benzene rings is 1. The maximum absolute atomic E-state index is 12.4. The van der Waals surface area contributed by atoms with Crippen molar-refractivity contribution >= 4 is 5.91 Å². The van der Waals surface area contributed by atoms with Crippen molar-refractivity contribution in [2.75, 3.05) is 7.11 Å². The Hall–Kier alpha value is -0.697. The van der Waals surface area contributed by atoms with Gasteiger partial charge in [-0.2, -0.15) is 6.92 Å². The molecule has 1 aliphatic carbocycles. The van der Waals surface area contributed by atoms with Crippen molar-refractivity contribution in [2.24, 2.45) is 5.41 Å². The number of rotatable bonds is 6. The van der Waals surface area contributed by atoms with Crippen LogP contribution >= 0.6 is 0 Å². The Morgan fingerprint density at radius 3 is 2.64 bits per heavy atom. The Balaban J connectivity index is 0.00000242. The number of carbonyl (C=O) groups excluding carboxylic acids is 1. The summed E-state index contributed by atoms with van der Waals surface area (Å²) in [5.74, 6) is 0.182. The summed E-state index contributed by atoms with van der Waals surface area (Å²) in [5.41, 5.74) is 0.507. The van der Waals surface area contributed by atoms with Gasteiger partial charge in [-0.05, 0) is 36.5 Å². The van der Waals surface area contributed by atoms with E-state index in [1.807, 2.05) is 20.3 Å². The molecule has 1 aromatic rings. The molecular weight excluding hydrogens is 503 g/mol. The van der Waals surface area contributed by atoms with Crippen molar-refractivity contribution in [3.8, 4) is 11.5 Å². The fourth-order valence-corrected chi connectivity index (χ4v) is 2.65. The molecule has 1 aliphatic rings. The van der Waals surface area contributed by atoms with Crippen molar-refractivity contribution in [1.29, 1.82) is 0 Å². The van der Waals surface area contributed by atoms with Gasteiger partial charge in [-0.25, -0.2) is 0 Å². The zero-order valence-corrected chi connectivity index (χ0v) is 17.4. The standard InChI is InChI=1S/C17H24NO3.Np/c1-5-17(3,11-16(2)8-9-16)18-15(20)12-6-7-13(19)14(10-12)21-4;/h5-7,10,19H,8-9,11H2,1-4H3,(H,18,20);/q-1;. The molecule has 1 saturated carbocycles. The summed E-state index contributed by atoms with van der Waals surface area (Å²) in [5, 5.41) is 12.7. The minimum atomic E-state index is -0.326. The molecule has 0 bridgehead atoms. The Labute approximate surface area is 155 Å². The molecule has 2 N–H and O–H groups in total. The number of hydrogen-bond acceptors (Lipinski definition) is 3. The second-order valence-electron chi connectivity index (χ2n) is 6.53. The van der Waals surface area contributed by atoms with Crippen LogP contribution in [0.3, 0.4) is 0 Å². The average Bonchev–Trinajstić information content (AvgIpc) is 3.15. The summed E-state index contributed by atoms with van der Waals surface area (Å²) in [6, 6.07) is 4.63. The third kappa shape index (κ3) is 4.65. The summed E-state index contributed by atoms with van der Waals surface area (Å²) >= 11 is 0. The predicted molar refractivity (Wildman–Crippen MR) is 82.5 cm³/mol. The molecule has 1 atom stereocenters. The normalized spacial score (nSPS) is 17.8. The zero-order valence-electron chi connectivity index (χ0n) is 13.6. The molecule has 5 heteroatoms. The van der Waals surface area contributed by atoms with Crippen LogP contribution in [0.1, 0.15) is 50.4 Å². The number of phenolic OH excluding ortho intramolecular Hbond substituents is 1. The van der Waals surface area contributed by atoms with E-state index in [1.165, 1.54) is 26.0 Å². The molecule has 0 spiro atoms. The van der Waals surface area contributed by atoms with E-state index in [9.17, 15) is 9.90 Å². The Morgan fingerprint density at radius 2 is 2.14 bits per heavy atom.